The van der Waals surface area contributed by atoms with Gasteiger partial charge in [0.05, 0.1) is 0 Å². The molecule has 0 unspecified atom stereocenters. The Kier molecular flexibility index (Phi) is 3.61. The predicted octanol–water partition coefficient (Wildman–Crippen LogP) is 1.36. The molecule has 106 valence electrons. The number of amides is 2. The van der Waals surface area contributed by atoms with Gasteiger partial charge in [0.1, 0.15) is 5.78 Å². The SMILES string of the molecule is CCN1C(=O)[C@@](CC(C)=O)(NC(C)=O)c2ccccc21. The lowest BCUT2D eigenvalue weighted by Crippen LogP contribution is -2.53. The predicted molar refractivity (Wildman–Crippen MR) is 75.3 cm³/mol. The number of carbonyl (C=O) groups excluding carboxylic acids is 3. The van der Waals surface area contributed by atoms with E-state index in [0.717, 1.165) is 5.69 Å². The van der Waals surface area contributed by atoms with Gasteiger partial charge >= 0.3 is 0 Å². The number of likely N-dealkylation sites (N-methyl/N-ethyl adjacent to an activating group) is 1. The molecule has 0 spiro atoms. The van der Waals surface area contributed by atoms with Gasteiger partial charge in [-0.1, -0.05) is 18.2 Å². The number of anilines is 1. The maximum atomic E-state index is 12.7. The molecule has 1 N–H and O–H groups in total. The number of ketones is 1. The molecule has 5 heteroatoms. The van der Waals surface area contributed by atoms with Crippen LogP contribution in [0, 0.1) is 0 Å². The van der Waals surface area contributed by atoms with E-state index in [-0.39, 0.29) is 24.0 Å². The smallest absolute Gasteiger partial charge is 0.257 e. The van der Waals surface area contributed by atoms with Crippen LogP contribution in [0.1, 0.15) is 32.8 Å². The monoisotopic (exact) mass is 274 g/mol. The Balaban J connectivity index is 2.63. The summed E-state index contributed by atoms with van der Waals surface area (Å²) in [6, 6.07) is 7.27. The van der Waals surface area contributed by atoms with E-state index >= 15 is 0 Å². The number of fused-ring (bicyclic) bond motifs is 1. The minimum atomic E-state index is -1.26. The van der Waals surface area contributed by atoms with E-state index in [9.17, 15) is 14.4 Å². The van der Waals surface area contributed by atoms with Crippen LogP contribution in [0.15, 0.2) is 24.3 Å². The van der Waals surface area contributed by atoms with Gasteiger partial charge in [-0.25, -0.2) is 0 Å². The number of hydrogen-bond donors (Lipinski definition) is 1. The third kappa shape index (κ3) is 2.09. The van der Waals surface area contributed by atoms with Crippen molar-refractivity contribution in [3.8, 4) is 0 Å². The molecule has 0 saturated heterocycles. The Morgan fingerprint density at radius 3 is 2.45 bits per heavy atom. The maximum absolute atomic E-state index is 12.7. The van der Waals surface area contributed by atoms with Crippen LogP contribution in [-0.2, 0) is 19.9 Å². The van der Waals surface area contributed by atoms with Crippen molar-refractivity contribution in [1.29, 1.82) is 0 Å². The Morgan fingerprint density at radius 1 is 1.25 bits per heavy atom. The number of rotatable bonds is 4. The molecule has 5 nitrogen and oxygen atoms in total. The molecule has 20 heavy (non-hydrogen) atoms. The molecule has 0 aliphatic carbocycles. The van der Waals surface area contributed by atoms with Crippen LogP contribution in [0.3, 0.4) is 0 Å². The van der Waals surface area contributed by atoms with Crippen LogP contribution >= 0.6 is 0 Å². The third-order valence-electron chi connectivity index (χ3n) is 3.48. The number of benzene rings is 1. The number of Topliss-reactive ketones (excluding diaryl/α,β-unsaturated/α-hetero) is 1. The summed E-state index contributed by atoms with van der Waals surface area (Å²) in [5, 5.41) is 2.71. The largest absolute Gasteiger partial charge is 0.338 e. The molecule has 1 aliphatic heterocycles. The first kappa shape index (κ1) is 14.2. The summed E-state index contributed by atoms with van der Waals surface area (Å²) < 4.78 is 0. The van der Waals surface area contributed by atoms with Crippen LogP contribution in [0.2, 0.25) is 0 Å². The average Bonchev–Trinajstić information content (AvgIpc) is 2.58. The van der Waals surface area contributed by atoms with E-state index in [0.29, 0.717) is 12.1 Å². The fraction of sp³-hybridized carbons (Fsp3) is 0.400. The number of nitrogens with one attached hydrogen (secondary N) is 1. The molecule has 1 aromatic rings. The van der Waals surface area contributed by atoms with Crippen molar-refractivity contribution in [2.45, 2.75) is 32.7 Å². The van der Waals surface area contributed by atoms with Gasteiger partial charge < -0.3 is 10.2 Å². The molecule has 2 rings (SSSR count). The zero-order chi connectivity index (χ0) is 14.9. The summed E-state index contributed by atoms with van der Waals surface area (Å²) in [4.78, 5) is 37.5. The van der Waals surface area contributed by atoms with Crippen molar-refractivity contribution in [3.63, 3.8) is 0 Å². The minimum Gasteiger partial charge on any atom is -0.338 e. The van der Waals surface area contributed by atoms with Crippen LogP contribution in [0.25, 0.3) is 0 Å². The highest BCUT2D eigenvalue weighted by Gasteiger charge is 2.51. The lowest BCUT2D eigenvalue weighted by Gasteiger charge is -2.28. The second-order valence-electron chi connectivity index (χ2n) is 5.03. The second-order valence-corrected chi connectivity index (χ2v) is 5.03. The van der Waals surface area contributed by atoms with E-state index < -0.39 is 5.54 Å². The molecule has 0 bridgehead atoms. The van der Waals surface area contributed by atoms with Gasteiger partial charge in [0, 0.05) is 31.1 Å². The molecule has 1 heterocycles. The van der Waals surface area contributed by atoms with Gasteiger partial charge in [-0.2, -0.15) is 0 Å². The van der Waals surface area contributed by atoms with Gasteiger partial charge in [-0.05, 0) is 19.9 Å². The van der Waals surface area contributed by atoms with Gasteiger partial charge in [0.15, 0.2) is 5.54 Å². The number of para-hydroxylation sites is 1. The molecule has 1 aromatic carbocycles. The van der Waals surface area contributed by atoms with Crippen molar-refractivity contribution in [3.05, 3.63) is 29.8 Å². The molecule has 0 aromatic heterocycles. The Hall–Kier alpha value is -2.17. The van der Waals surface area contributed by atoms with Crippen molar-refractivity contribution < 1.29 is 14.4 Å². The van der Waals surface area contributed by atoms with E-state index in [1.54, 1.807) is 11.0 Å². The average molecular weight is 274 g/mol. The normalized spacial score (nSPS) is 20.8. The zero-order valence-electron chi connectivity index (χ0n) is 11.9. The summed E-state index contributed by atoms with van der Waals surface area (Å²) in [5.41, 5.74) is 0.192. The molecule has 1 atom stereocenters. The Morgan fingerprint density at radius 2 is 1.90 bits per heavy atom. The molecular weight excluding hydrogens is 256 g/mol. The summed E-state index contributed by atoms with van der Waals surface area (Å²) >= 11 is 0. The van der Waals surface area contributed by atoms with Crippen molar-refractivity contribution in [2.75, 3.05) is 11.4 Å². The highest BCUT2D eigenvalue weighted by molar-refractivity contribution is 6.11. The molecule has 0 radical (unpaired) electrons. The Bertz CT molecular complexity index is 564. The first-order chi connectivity index (χ1) is 9.42. The standard InChI is InChI=1S/C15H18N2O3/c1-4-17-13-8-6-5-7-12(13)15(14(17)20,9-10(2)18)16-11(3)19/h5-8H,4,9H2,1-3H3,(H,16,19)/t15-/m0/s1. The maximum Gasteiger partial charge on any atom is 0.257 e. The van der Waals surface area contributed by atoms with Crippen molar-refractivity contribution in [1.82, 2.24) is 5.32 Å². The fourth-order valence-corrected chi connectivity index (χ4v) is 2.85. The van der Waals surface area contributed by atoms with Crippen LogP contribution in [0.5, 0.6) is 0 Å². The number of carbonyl (C=O) groups is 3. The summed E-state index contributed by atoms with van der Waals surface area (Å²) in [7, 11) is 0. The number of hydrogen-bond acceptors (Lipinski definition) is 3. The molecule has 2 amide bonds. The summed E-state index contributed by atoms with van der Waals surface area (Å²) in [5.74, 6) is -0.709. The molecule has 1 aliphatic rings. The van der Waals surface area contributed by atoms with E-state index in [1.165, 1.54) is 13.8 Å². The topological polar surface area (TPSA) is 66.5 Å². The first-order valence-electron chi connectivity index (χ1n) is 6.62. The van der Waals surface area contributed by atoms with Crippen molar-refractivity contribution >= 4 is 23.3 Å². The molecular formula is C15H18N2O3. The summed E-state index contributed by atoms with van der Waals surface area (Å²) in [6.45, 7) is 5.14. The highest BCUT2D eigenvalue weighted by atomic mass is 16.2. The molecule has 0 saturated carbocycles. The lowest BCUT2D eigenvalue weighted by molar-refractivity contribution is -0.133. The summed E-state index contributed by atoms with van der Waals surface area (Å²) in [6.07, 6.45) is -0.0288. The van der Waals surface area contributed by atoms with Gasteiger partial charge in [-0.15, -0.1) is 0 Å². The second kappa shape index (κ2) is 5.07. The quantitative estimate of drug-likeness (QED) is 0.901. The van der Waals surface area contributed by atoms with Gasteiger partial charge in [-0.3, -0.25) is 14.4 Å². The third-order valence-corrected chi connectivity index (χ3v) is 3.48. The lowest BCUT2D eigenvalue weighted by atomic mass is 9.86. The van der Waals surface area contributed by atoms with Gasteiger partial charge in [0.2, 0.25) is 5.91 Å². The minimum absolute atomic E-state index is 0.0288. The molecule has 0 fully saturated rings. The number of nitrogens with zero attached hydrogens (tertiary/aromatic N) is 1. The van der Waals surface area contributed by atoms with Crippen LogP contribution < -0.4 is 10.2 Å². The van der Waals surface area contributed by atoms with Gasteiger partial charge in [0.25, 0.3) is 5.91 Å². The van der Waals surface area contributed by atoms with E-state index in [1.807, 2.05) is 25.1 Å². The van der Waals surface area contributed by atoms with E-state index in [2.05, 4.69) is 5.32 Å². The first-order valence-corrected chi connectivity index (χ1v) is 6.62. The zero-order valence-corrected chi connectivity index (χ0v) is 11.9. The Labute approximate surface area is 118 Å². The van der Waals surface area contributed by atoms with Crippen LogP contribution in [0.4, 0.5) is 5.69 Å². The van der Waals surface area contributed by atoms with E-state index in [4.69, 9.17) is 0 Å². The van der Waals surface area contributed by atoms with Crippen molar-refractivity contribution in [2.24, 2.45) is 0 Å². The highest BCUT2D eigenvalue weighted by Crippen LogP contribution is 2.42. The fourth-order valence-electron chi connectivity index (χ4n) is 2.85. The van der Waals surface area contributed by atoms with Crippen LogP contribution in [-0.4, -0.2) is 24.1 Å².